The fourth-order valence-electron chi connectivity index (χ4n) is 1.36. The predicted molar refractivity (Wildman–Crippen MR) is 60.7 cm³/mol. The summed E-state index contributed by atoms with van der Waals surface area (Å²) in [5.74, 6) is 0.321. The first kappa shape index (κ1) is 10.9. The number of nitrogens with one attached hydrogen (secondary N) is 1. The highest BCUT2D eigenvalue weighted by Crippen LogP contribution is 2.13. The van der Waals surface area contributed by atoms with Gasteiger partial charge in [0, 0.05) is 12.2 Å². The van der Waals surface area contributed by atoms with Crippen molar-refractivity contribution in [3.05, 3.63) is 24.3 Å². The number of benzene rings is 1. The molecule has 0 aromatic heterocycles. The van der Waals surface area contributed by atoms with Crippen LogP contribution in [0.2, 0.25) is 0 Å². The number of unbranched alkanes of at least 4 members (excludes halogenated alkanes) is 3. The molecule has 0 atom stereocenters. The van der Waals surface area contributed by atoms with Crippen molar-refractivity contribution in [1.82, 2.24) is 0 Å². The van der Waals surface area contributed by atoms with Gasteiger partial charge in [0.1, 0.15) is 5.75 Å². The van der Waals surface area contributed by atoms with Gasteiger partial charge in [0.25, 0.3) is 0 Å². The molecule has 0 spiro atoms. The molecule has 0 aliphatic heterocycles. The van der Waals surface area contributed by atoms with Gasteiger partial charge in [0.05, 0.1) is 0 Å². The van der Waals surface area contributed by atoms with Crippen LogP contribution in [0.15, 0.2) is 24.3 Å². The van der Waals surface area contributed by atoms with Crippen LogP contribution in [0.25, 0.3) is 0 Å². The van der Waals surface area contributed by atoms with Crippen LogP contribution in [0, 0.1) is 0 Å². The minimum absolute atomic E-state index is 0.321. The predicted octanol–water partition coefficient (Wildman–Crippen LogP) is 3.38. The minimum Gasteiger partial charge on any atom is -0.508 e. The van der Waals surface area contributed by atoms with Gasteiger partial charge in [0.15, 0.2) is 0 Å². The lowest BCUT2D eigenvalue weighted by Gasteiger charge is -2.05. The van der Waals surface area contributed by atoms with Gasteiger partial charge in [-0.3, -0.25) is 0 Å². The number of anilines is 1. The summed E-state index contributed by atoms with van der Waals surface area (Å²) in [5.41, 5.74) is 1.08. The molecule has 0 aliphatic carbocycles. The van der Waals surface area contributed by atoms with Crippen molar-refractivity contribution >= 4 is 5.69 Å². The summed E-state index contributed by atoms with van der Waals surface area (Å²) in [6, 6.07) is 7.20. The molecule has 14 heavy (non-hydrogen) atoms. The zero-order valence-electron chi connectivity index (χ0n) is 8.79. The van der Waals surface area contributed by atoms with Crippen molar-refractivity contribution in [3.63, 3.8) is 0 Å². The van der Waals surface area contributed by atoms with Crippen molar-refractivity contribution in [2.24, 2.45) is 0 Å². The molecular formula is C12H19NO. The van der Waals surface area contributed by atoms with Crippen molar-refractivity contribution < 1.29 is 5.11 Å². The Morgan fingerprint density at radius 2 is 1.79 bits per heavy atom. The standard InChI is InChI=1S/C12H19NO/c1-2-3-4-5-10-13-11-6-8-12(14)9-7-11/h6-9,13-14H,2-5,10H2,1H3. The summed E-state index contributed by atoms with van der Waals surface area (Å²) in [6.45, 7) is 3.23. The highest BCUT2D eigenvalue weighted by Gasteiger charge is 1.91. The van der Waals surface area contributed by atoms with Crippen molar-refractivity contribution in [1.29, 1.82) is 0 Å². The molecule has 0 bridgehead atoms. The van der Waals surface area contributed by atoms with E-state index in [-0.39, 0.29) is 0 Å². The van der Waals surface area contributed by atoms with Crippen molar-refractivity contribution in [2.45, 2.75) is 32.6 Å². The maximum absolute atomic E-state index is 9.07. The summed E-state index contributed by atoms with van der Waals surface area (Å²) in [4.78, 5) is 0. The maximum Gasteiger partial charge on any atom is 0.115 e. The lowest BCUT2D eigenvalue weighted by atomic mass is 10.2. The zero-order valence-corrected chi connectivity index (χ0v) is 8.79. The van der Waals surface area contributed by atoms with Gasteiger partial charge in [-0.15, -0.1) is 0 Å². The molecule has 0 fully saturated rings. The van der Waals surface area contributed by atoms with E-state index in [1.807, 2.05) is 12.1 Å². The smallest absolute Gasteiger partial charge is 0.115 e. The number of aromatic hydroxyl groups is 1. The topological polar surface area (TPSA) is 32.3 Å². The zero-order chi connectivity index (χ0) is 10.2. The average molecular weight is 193 g/mol. The Hall–Kier alpha value is -1.18. The molecule has 0 saturated carbocycles. The summed E-state index contributed by atoms with van der Waals surface area (Å²) < 4.78 is 0. The Bertz CT molecular complexity index is 243. The van der Waals surface area contributed by atoms with Crippen LogP contribution in [0.1, 0.15) is 32.6 Å². The SMILES string of the molecule is CCCCCCNc1ccc(O)cc1. The molecule has 0 saturated heterocycles. The first-order valence-corrected chi connectivity index (χ1v) is 5.36. The molecule has 2 nitrogen and oxygen atoms in total. The lowest BCUT2D eigenvalue weighted by molar-refractivity contribution is 0.475. The third kappa shape index (κ3) is 4.17. The van der Waals surface area contributed by atoms with E-state index in [1.165, 1.54) is 25.7 Å². The molecule has 2 N–H and O–H groups in total. The Kier molecular flexibility index (Phi) is 4.90. The van der Waals surface area contributed by atoms with Crippen LogP contribution in [-0.2, 0) is 0 Å². The Morgan fingerprint density at radius 1 is 1.07 bits per heavy atom. The molecular weight excluding hydrogens is 174 g/mol. The molecule has 0 amide bonds. The first-order valence-electron chi connectivity index (χ1n) is 5.36. The highest BCUT2D eigenvalue weighted by atomic mass is 16.3. The molecule has 0 aliphatic rings. The van der Waals surface area contributed by atoms with E-state index < -0.39 is 0 Å². The molecule has 1 rings (SSSR count). The summed E-state index contributed by atoms with van der Waals surface area (Å²) >= 11 is 0. The number of phenols is 1. The summed E-state index contributed by atoms with van der Waals surface area (Å²) in [7, 11) is 0. The molecule has 0 unspecified atom stereocenters. The van der Waals surface area contributed by atoms with E-state index in [1.54, 1.807) is 12.1 Å². The average Bonchev–Trinajstić information content (AvgIpc) is 2.21. The lowest BCUT2D eigenvalue weighted by Crippen LogP contribution is -2.00. The van der Waals surface area contributed by atoms with E-state index in [2.05, 4.69) is 12.2 Å². The number of phenolic OH excluding ortho intramolecular Hbond substituents is 1. The molecule has 78 valence electrons. The molecule has 0 radical (unpaired) electrons. The summed E-state index contributed by atoms with van der Waals surface area (Å²) in [6.07, 6.45) is 5.10. The van der Waals surface area contributed by atoms with Crippen molar-refractivity contribution in [2.75, 3.05) is 11.9 Å². The second-order valence-electron chi connectivity index (χ2n) is 3.53. The second kappa shape index (κ2) is 6.30. The van der Waals surface area contributed by atoms with E-state index in [0.717, 1.165) is 12.2 Å². The van der Waals surface area contributed by atoms with Gasteiger partial charge in [-0.05, 0) is 30.7 Å². The summed E-state index contributed by atoms with van der Waals surface area (Å²) in [5, 5.41) is 12.4. The Balaban J connectivity index is 2.15. The Labute approximate surface area is 86.0 Å². The van der Waals surface area contributed by atoms with Gasteiger partial charge in [-0.25, -0.2) is 0 Å². The van der Waals surface area contributed by atoms with Gasteiger partial charge < -0.3 is 10.4 Å². The minimum atomic E-state index is 0.321. The molecule has 1 aromatic carbocycles. The van der Waals surface area contributed by atoms with E-state index in [0.29, 0.717) is 5.75 Å². The quantitative estimate of drug-likeness (QED) is 0.536. The normalized spacial score (nSPS) is 10.1. The molecule has 2 heteroatoms. The van der Waals surface area contributed by atoms with Crippen LogP contribution in [0.4, 0.5) is 5.69 Å². The fourth-order valence-corrected chi connectivity index (χ4v) is 1.36. The van der Waals surface area contributed by atoms with Crippen LogP contribution in [-0.4, -0.2) is 11.7 Å². The third-order valence-corrected chi connectivity index (χ3v) is 2.23. The highest BCUT2D eigenvalue weighted by molar-refractivity contribution is 5.45. The first-order chi connectivity index (χ1) is 6.83. The van der Waals surface area contributed by atoms with Crippen LogP contribution in [0.3, 0.4) is 0 Å². The largest absolute Gasteiger partial charge is 0.508 e. The fraction of sp³-hybridized carbons (Fsp3) is 0.500. The third-order valence-electron chi connectivity index (χ3n) is 2.23. The second-order valence-corrected chi connectivity index (χ2v) is 3.53. The van der Waals surface area contributed by atoms with E-state index in [9.17, 15) is 0 Å². The maximum atomic E-state index is 9.07. The van der Waals surface area contributed by atoms with Gasteiger partial charge in [-0.1, -0.05) is 26.2 Å². The van der Waals surface area contributed by atoms with Crippen LogP contribution < -0.4 is 5.32 Å². The monoisotopic (exact) mass is 193 g/mol. The number of hydrogen-bond acceptors (Lipinski definition) is 2. The van der Waals surface area contributed by atoms with E-state index in [4.69, 9.17) is 5.11 Å². The Morgan fingerprint density at radius 3 is 2.43 bits per heavy atom. The molecule has 0 heterocycles. The molecule has 1 aromatic rings. The van der Waals surface area contributed by atoms with E-state index >= 15 is 0 Å². The van der Waals surface area contributed by atoms with Gasteiger partial charge >= 0.3 is 0 Å². The van der Waals surface area contributed by atoms with Crippen LogP contribution >= 0.6 is 0 Å². The van der Waals surface area contributed by atoms with Crippen LogP contribution in [0.5, 0.6) is 5.75 Å². The van der Waals surface area contributed by atoms with Gasteiger partial charge in [-0.2, -0.15) is 0 Å². The number of rotatable bonds is 6. The van der Waals surface area contributed by atoms with Gasteiger partial charge in [0.2, 0.25) is 0 Å². The van der Waals surface area contributed by atoms with Crippen molar-refractivity contribution in [3.8, 4) is 5.75 Å². The number of hydrogen-bond donors (Lipinski definition) is 2.